The van der Waals surface area contributed by atoms with Gasteiger partial charge in [0, 0.05) is 0 Å². The van der Waals surface area contributed by atoms with Crippen LogP contribution >= 0.6 is 0 Å². The number of allylic oxidation sites excluding steroid dienone is 2. The van der Waals surface area contributed by atoms with Crippen molar-refractivity contribution in [2.75, 3.05) is 0 Å². The maximum atomic E-state index is 10.7. The molecule has 0 aromatic rings. The van der Waals surface area contributed by atoms with E-state index >= 15 is 0 Å². The first-order valence-electron chi connectivity index (χ1n) is 4.68. The molecule has 68 valence electrons. The molecule has 0 amide bonds. The zero-order valence-corrected chi connectivity index (χ0v) is 7.33. The maximum Gasteiger partial charge on any atom is 0.306 e. The summed E-state index contributed by atoms with van der Waals surface area (Å²) in [5.74, 6) is -0.724. The van der Waals surface area contributed by atoms with Crippen LogP contribution in [0.3, 0.4) is 0 Å². The Morgan fingerprint density at radius 1 is 1.17 bits per heavy atom. The average molecular weight is 168 g/mol. The van der Waals surface area contributed by atoms with Gasteiger partial charge >= 0.3 is 5.97 Å². The number of hydrogen-bond donors (Lipinski definition) is 1. The molecule has 1 aliphatic rings. The van der Waals surface area contributed by atoms with E-state index in [-0.39, 0.29) is 5.92 Å². The number of carboxylic acids is 1. The zero-order chi connectivity index (χ0) is 8.81. The second-order valence-electron chi connectivity index (χ2n) is 3.37. The Hall–Kier alpha value is -0.790. The van der Waals surface area contributed by atoms with Gasteiger partial charge in [-0.3, -0.25) is 4.79 Å². The molecule has 2 heteroatoms. The molecule has 0 aromatic carbocycles. The fourth-order valence-corrected chi connectivity index (χ4v) is 1.58. The number of aliphatic carboxylic acids is 1. The Morgan fingerprint density at radius 2 is 1.92 bits per heavy atom. The summed E-state index contributed by atoms with van der Waals surface area (Å²) in [5.41, 5.74) is 0. The van der Waals surface area contributed by atoms with E-state index in [0.717, 1.165) is 38.5 Å². The zero-order valence-electron chi connectivity index (χ0n) is 7.33. The van der Waals surface area contributed by atoms with E-state index in [9.17, 15) is 4.79 Å². The second-order valence-corrected chi connectivity index (χ2v) is 3.37. The predicted molar refractivity (Wildman–Crippen MR) is 48.0 cm³/mol. The van der Waals surface area contributed by atoms with Gasteiger partial charge in [-0.25, -0.2) is 0 Å². The van der Waals surface area contributed by atoms with Gasteiger partial charge in [0.2, 0.25) is 0 Å². The van der Waals surface area contributed by atoms with Crippen molar-refractivity contribution in [1.29, 1.82) is 0 Å². The van der Waals surface area contributed by atoms with E-state index in [1.54, 1.807) is 0 Å². The molecule has 0 saturated carbocycles. The van der Waals surface area contributed by atoms with Crippen molar-refractivity contribution < 1.29 is 9.90 Å². The third-order valence-corrected chi connectivity index (χ3v) is 2.37. The van der Waals surface area contributed by atoms with Gasteiger partial charge in [-0.15, -0.1) is 0 Å². The van der Waals surface area contributed by atoms with Gasteiger partial charge in [-0.2, -0.15) is 0 Å². The molecule has 0 aromatic heterocycles. The number of rotatable bonds is 1. The summed E-state index contributed by atoms with van der Waals surface area (Å²) in [7, 11) is 0. The minimum atomic E-state index is -0.620. The molecule has 0 radical (unpaired) electrons. The third kappa shape index (κ3) is 3.07. The maximum absolute atomic E-state index is 10.7. The molecule has 0 saturated heterocycles. The molecule has 1 N–H and O–H groups in total. The highest BCUT2D eigenvalue weighted by molar-refractivity contribution is 5.69. The van der Waals surface area contributed by atoms with Crippen molar-refractivity contribution in [2.45, 2.75) is 38.5 Å². The van der Waals surface area contributed by atoms with Crippen LogP contribution in [0.2, 0.25) is 0 Å². The highest BCUT2D eigenvalue weighted by atomic mass is 16.4. The molecule has 12 heavy (non-hydrogen) atoms. The minimum absolute atomic E-state index is 0.104. The summed E-state index contributed by atoms with van der Waals surface area (Å²) < 4.78 is 0. The van der Waals surface area contributed by atoms with Crippen LogP contribution in [0.1, 0.15) is 38.5 Å². The lowest BCUT2D eigenvalue weighted by Gasteiger charge is -2.08. The van der Waals surface area contributed by atoms with Gasteiger partial charge < -0.3 is 5.11 Å². The van der Waals surface area contributed by atoms with Gasteiger partial charge in [0.15, 0.2) is 0 Å². The van der Waals surface area contributed by atoms with Crippen LogP contribution in [0.25, 0.3) is 0 Å². The monoisotopic (exact) mass is 168 g/mol. The summed E-state index contributed by atoms with van der Waals surface area (Å²) in [6.07, 6.45) is 10.2. The SMILES string of the molecule is O=C(O)C1CC/C=C\CCCC1. The van der Waals surface area contributed by atoms with Gasteiger partial charge in [0.1, 0.15) is 0 Å². The van der Waals surface area contributed by atoms with Crippen LogP contribution in [0.5, 0.6) is 0 Å². The summed E-state index contributed by atoms with van der Waals surface area (Å²) >= 11 is 0. The molecule has 0 heterocycles. The quantitative estimate of drug-likeness (QED) is 0.611. The van der Waals surface area contributed by atoms with E-state index in [1.807, 2.05) is 0 Å². The normalized spacial score (nSPS) is 28.2. The lowest BCUT2D eigenvalue weighted by atomic mass is 9.97. The van der Waals surface area contributed by atoms with E-state index < -0.39 is 5.97 Å². The predicted octanol–water partition coefficient (Wildman–Crippen LogP) is 2.60. The smallest absolute Gasteiger partial charge is 0.306 e. The van der Waals surface area contributed by atoms with E-state index in [1.165, 1.54) is 0 Å². The van der Waals surface area contributed by atoms with Crippen molar-refractivity contribution >= 4 is 5.97 Å². The average Bonchev–Trinajstić information content (AvgIpc) is 2.15. The molecule has 1 rings (SSSR count). The molecule has 0 spiro atoms. The molecular formula is C10H16O2. The van der Waals surface area contributed by atoms with Gasteiger partial charge in [0.25, 0.3) is 0 Å². The van der Waals surface area contributed by atoms with E-state index in [4.69, 9.17) is 5.11 Å². The van der Waals surface area contributed by atoms with Gasteiger partial charge in [-0.05, 0) is 32.1 Å². The van der Waals surface area contributed by atoms with Crippen molar-refractivity contribution in [3.63, 3.8) is 0 Å². The molecule has 0 fully saturated rings. The van der Waals surface area contributed by atoms with Crippen molar-refractivity contribution in [3.05, 3.63) is 12.2 Å². The topological polar surface area (TPSA) is 37.3 Å². The molecule has 1 atom stereocenters. The summed E-state index contributed by atoms with van der Waals surface area (Å²) in [6, 6.07) is 0. The number of carbonyl (C=O) groups is 1. The highest BCUT2D eigenvalue weighted by Crippen LogP contribution is 2.18. The molecule has 2 nitrogen and oxygen atoms in total. The summed E-state index contributed by atoms with van der Waals surface area (Å²) in [4.78, 5) is 10.7. The van der Waals surface area contributed by atoms with Crippen molar-refractivity contribution in [3.8, 4) is 0 Å². The van der Waals surface area contributed by atoms with Gasteiger partial charge in [-0.1, -0.05) is 18.6 Å². The van der Waals surface area contributed by atoms with E-state index in [2.05, 4.69) is 12.2 Å². The fraction of sp³-hybridized carbons (Fsp3) is 0.700. The minimum Gasteiger partial charge on any atom is -0.481 e. The first kappa shape index (κ1) is 9.30. The Morgan fingerprint density at radius 3 is 2.67 bits per heavy atom. The standard InChI is InChI=1S/C10H16O2/c11-10(12)9-7-5-3-1-2-4-6-8-9/h1,3,9H,2,4-8H2,(H,11,12)/b3-1-. The largest absolute Gasteiger partial charge is 0.481 e. The Balaban J connectivity index is 2.41. The lowest BCUT2D eigenvalue weighted by molar-refractivity contribution is -0.142. The first-order valence-corrected chi connectivity index (χ1v) is 4.68. The Labute approximate surface area is 73.3 Å². The van der Waals surface area contributed by atoms with Crippen molar-refractivity contribution in [2.24, 2.45) is 5.92 Å². The van der Waals surface area contributed by atoms with Crippen LogP contribution in [0.15, 0.2) is 12.2 Å². The molecule has 1 unspecified atom stereocenters. The first-order chi connectivity index (χ1) is 5.80. The molecule has 0 aliphatic heterocycles. The highest BCUT2D eigenvalue weighted by Gasteiger charge is 2.15. The van der Waals surface area contributed by atoms with Crippen LogP contribution in [0.4, 0.5) is 0 Å². The third-order valence-electron chi connectivity index (χ3n) is 2.37. The Bertz CT molecular complexity index is 173. The number of carboxylic acid groups (broad SMARTS) is 1. The number of hydrogen-bond acceptors (Lipinski definition) is 1. The lowest BCUT2D eigenvalue weighted by Crippen LogP contribution is -2.12. The van der Waals surface area contributed by atoms with Crippen LogP contribution in [0, 0.1) is 5.92 Å². The van der Waals surface area contributed by atoms with Crippen molar-refractivity contribution in [1.82, 2.24) is 0 Å². The van der Waals surface area contributed by atoms with Gasteiger partial charge in [0.05, 0.1) is 5.92 Å². The van der Waals surface area contributed by atoms with Crippen LogP contribution in [-0.2, 0) is 4.79 Å². The van der Waals surface area contributed by atoms with Crippen LogP contribution < -0.4 is 0 Å². The summed E-state index contributed by atoms with van der Waals surface area (Å²) in [5, 5.41) is 8.82. The molecule has 0 bridgehead atoms. The van der Waals surface area contributed by atoms with Crippen LogP contribution in [-0.4, -0.2) is 11.1 Å². The summed E-state index contributed by atoms with van der Waals surface area (Å²) in [6.45, 7) is 0. The molecular weight excluding hydrogens is 152 g/mol. The van der Waals surface area contributed by atoms with E-state index in [0.29, 0.717) is 0 Å². The second kappa shape index (κ2) is 4.96. The molecule has 1 aliphatic carbocycles. The fourth-order valence-electron chi connectivity index (χ4n) is 1.58. The Kier molecular flexibility index (Phi) is 3.85.